The highest BCUT2D eigenvalue weighted by Crippen LogP contribution is 2.23. The number of halogens is 3. The molecule has 8 heteroatoms. The Hall–Kier alpha value is -0.570. The Balaban J connectivity index is 3.01. The van der Waals surface area contributed by atoms with Crippen molar-refractivity contribution >= 4 is 26.0 Å². The van der Waals surface area contributed by atoms with Gasteiger partial charge in [-0.1, -0.05) is 19.8 Å². The second-order valence-corrected chi connectivity index (χ2v) is 6.93. The Morgan fingerprint density at radius 1 is 1.35 bits per heavy atom. The highest BCUT2D eigenvalue weighted by Gasteiger charge is 2.24. The van der Waals surface area contributed by atoms with E-state index in [4.69, 9.17) is 5.73 Å². The molecule has 20 heavy (non-hydrogen) atoms. The molecule has 3 N–H and O–H groups in total. The summed E-state index contributed by atoms with van der Waals surface area (Å²) >= 11 is 2.84. The van der Waals surface area contributed by atoms with E-state index in [1.165, 1.54) is 0 Å². The molecule has 0 spiro atoms. The van der Waals surface area contributed by atoms with Gasteiger partial charge in [-0.25, -0.2) is 21.9 Å². The topological polar surface area (TPSA) is 72.2 Å². The van der Waals surface area contributed by atoms with Crippen LogP contribution < -0.4 is 10.5 Å². The van der Waals surface area contributed by atoms with Crippen LogP contribution >= 0.6 is 15.9 Å². The van der Waals surface area contributed by atoms with Crippen LogP contribution in [0.15, 0.2) is 21.5 Å². The third kappa shape index (κ3) is 4.47. The maximum atomic E-state index is 13.6. The molecule has 4 nitrogen and oxygen atoms in total. The molecule has 0 aliphatic heterocycles. The van der Waals surface area contributed by atoms with Crippen LogP contribution in [0.3, 0.4) is 0 Å². The van der Waals surface area contributed by atoms with E-state index in [1.807, 2.05) is 6.92 Å². The number of sulfonamides is 1. The van der Waals surface area contributed by atoms with Crippen molar-refractivity contribution < 1.29 is 17.2 Å². The summed E-state index contributed by atoms with van der Waals surface area (Å²) in [6.07, 6.45) is 2.27. The van der Waals surface area contributed by atoms with Gasteiger partial charge in [0.05, 0.1) is 4.47 Å². The molecular weight excluding hydrogens is 354 g/mol. The van der Waals surface area contributed by atoms with Crippen LogP contribution in [0.1, 0.15) is 26.2 Å². The average Bonchev–Trinajstić information content (AvgIpc) is 2.38. The lowest BCUT2D eigenvalue weighted by molar-refractivity contribution is 0.506. The minimum Gasteiger partial charge on any atom is -0.329 e. The Morgan fingerprint density at radius 3 is 2.55 bits per heavy atom. The number of nitrogens with two attached hydrogens (primary N) is 1. The third-order valence-corrected chi connectivity index (χ3v) is 4.92. The number of unbranched alkanes of at least 4 members (excludes halogenated alkanes) is 1. The number of nitrogens with one attached hydrogen (secondary N) is 1. The van der Waals surface area contributed by atoms with Crippen molar-refractivity contribution in [2.24, 2.45) is 5.73 Å². The molecule has 0 radical (unpaired) electrons. The Bertz CT molecular complexity index is 567. The molecule has 0 fully saturated rings. The molecule has 1 rings (SSSR count). The average molecular weight is 371 g/mol. The molecule has 114 valence electrons. The Kier molecular flexibility index (Phi) is 6.50. The highest BCUT2D eigenvalue weighted by molar-refractivity contribution is 9.10. The van der Waals surface area contributed by atoms with Gasteiger partial charge in [0.15, 0.2) is 0 Å². The van der Waals surface area contributed by atoms with E-state index in [1.54, 1.807) is 0 Å². The lowest BCUT2D eigenvalue weighted by atomic mass is 10.1. The van der Waals surface area contributed by atoms with E-state index < -0.39 is 32.6 Å². The van der Waals surface area contributed by atoms with E-state index in [2.05, 4.69) is 20.7 Å². The van der Waals surface area contributed by atoms with Gasteiger partial charge in [0, 0.05) is 18.7 Å². The maximum Gasteiger partial charge on any atom is 0.243 e. The number of hydrogen-bond donors (Lipinski definition) is 2. The normalized spacial score (nSPS) is 13.4. The monoisotopic (exact) mass is 370 g/mol. The van der Waals surface area contributed by atoms with Crippen molar-refractivity contribution in [2.75, 3.05) is 6.54 Å². The van der Waals surface area contributed by atoms with Crippen molar-refractivity contribution in [3.8, 4) is 0 Å². The summed E-state index contributed by atoms with van der Waals surface area (Å²) in [5, 5.41) is 0. The second-order valence-electron chi connectivity index (χ2n) is 4.39. The molecule has 1 atom stereocenters. The molecular formula is C12H17BrF2N2O2S. The fraction of sp³-hybridized carbons (Fsp3) is 0.500. The first-order valence-corrected chi connectivity index (χ1v) is 8.46. The van der Waals surface area contributed by atoms with E-state index in [0.29, 0.717) is 12.5 Å². The Morgan fingerprint density at radius 2 is 2.00 bits per heavy atom. The molecule has 0 aliphatic carbocycles. The van der Waals surface area contributed by atoms with Gasteiger partial charge < -0.3 is 5.73 Å². The largest absolute Gasteiger partial charge is 0.329 e. The van der Waals surface area contributed by atoms with Gasteiger partial charge in [-0.2, -0.15) is 0 Å². The number of rotatable bonds is 7. The SMILES string of the molecule is CCCCC(CN)NS(=O)(=O)c1cc(Br)c(F)cc1F. The van der Waals surface area contributed by atoms with Gasteiger partial charge in [-0.3, -0.25) is 0 Å². The molecule has 1 unspecified atom stereocenters. The van der Waals surface area contributed by atoms with Gasteiger partial charge in [-0.05, 0) is 28.4 Å². The number of hydrogen-bond acceptors (Lipinski definition) is 3. The quantitative estimate of drug-likeness (QED) is 0.724. The van der Waals surface area contributed by atoms with Crippen molar-refractivity contribution in [1.29, 1.82) is 0 Å². The van der Waals surface area contributed by atoms with E-state index in [-0.39, 0.29) is 11.0 Å². The first-order chi connectivity index (χ1) is 9.31. The van der Waals surface area contributed by atoms with Crippen molar-refractivity contribution in [3.63, 3.8) is 0 Å². The maximum absolute atomic E-state index is 13.6. The second kappa shape index (κ2) is 7.44. The molecule has 1 aromatic rings. The van der Waals surface area contributed by atoms with Crippen LogP contribution in [0.4, 0.5) is 8.78 Å². The zero-order valence-electron chi connectivity index (χ0n) is 11.0. The lowest BCUT2D eigenvalue weighted by Gasteiger charge is -2.17. The minimum absolute atomic E-state index is 0.114. The summed E-state index contributed by atoms with van der Waals surface area (Å²) in [6.45, 7) is 2.09. The lowest BCUT2D eigenvalue weighted by Crippen LogP contribution is -2.40. The van der Waals surface area contributed by atoms with E-state index in [9.17, 15) is 17.2 Å². The van der Waals surface area contributed by atoms with Gasteiger partial charge >= 0.3 is 0 Å². The van der Waals surface area contributed by atoms with Gasteiger partial charge in [0.2, 0.25) is 10.0 Å². The molecule has 0 aromatic heterocycles. The fourth-order valence-electron chi connectivity index (χ4n) is 1.67. The zero-order valence-corrected chi connectivity index (χ0v) is 13.4. The summed E-state index contributed by atoms with van der Waals surface area (Å²) in [5.41, 5.74) is 5.50. The summed E-state index contributed by atoms with van der Waals surface area (Å²) in [5.74, 6) is -1.99. The highest BCUT2D eigenvalue weighted by atomic mass is 79.9. The van der Waals surface area contributed by atoms with Crippen LogP contribution in [0.5, 0.6) is 0 Å². The van der Waals surface area contributed by atoms with Crippen LogP contribution in [-0.4, -0.2) is 21.0 Å². The third-order valence-electron chi connectivity index (χ3n) is 2.78. The van der Waals surface area contributed by atoms with Crippen molar-refractivity contribution in [1.82, 2.24) is 4.72 Å². The summed E-state index contributed by atoms with van der Waals surface area (Å²) in [7, 11) is -4.07. The number of benzene rings is 1. The first kappa shape index (κ1) is 17.5. The molecule has 0 amide bonds. The standard InChI is InChI=1S/C12H17BrF2N2O2S/c1-2-3-4-8(7-16)17-20(18,19)12-5-9(13)10(14)6-11(12)15/h5-6,8,17H,2-4,7,16H2,1H3. The first-order valence-electron chi connectivity index (χ1n) is 6.18. The Labute approximate surface area is 125 Å². The van der Waals surface area contributed by atoms with Crippen LogP contribution in [-0.2, 0) is 10.0 Å². The van der Waals surface area contributed by atoms with Gasteiger partial charge in [-0.15, -0.1) is 0 Å². The smallest absolute Gasteiger partial charge is 0.243 e. The zero-order chi connectivity index (χ0) is 15.3. The van der Waals surface area contributed by atoms with Crippen LogP contribution in [0.2, 0.25) is 0 Å². The van der Waals surface area contributed by atoms with Crippen molar-refractivity contribution in [3.05, 3.63) is 28.2 Å². The van der Waals surface area contributed by atoms with E-state index >= 15 is 0 Å². The van der Waals surface area contributed by atoms with Gasteiger partial charge in [0.1, 0.15) is 16.5 Å². The van der Waals surface area contributed by atoms with Crippen LogP contribution in [0, 0.1) is 11.6 Å². The predicted molar refractivity (Wildman–Crippen MR) is 76.7 cm³/mol. The minimum atomic E-state index is -4.07. The molecule has 0 saturated carbocycles. The predicted octanol–water partition coefficient (Wildman–Crippen LogP) is 2.52. The molecule has 0 aliphatic rings. The molecule has 0 saturated heterocycles. The fourth-order valence-corrected chi connectivity index (χ4v) is 3.53. The summed E-state index contributed by atoms with van der Waals surface area (Å²) in [4.78, 5) is -0.597. The van der Waals surface area contributed by atoms with E-state index in [0.717, 1.165) is 18.9 Å². The summed E-state index contributed by atoms with van der Waals surface area (Å²) in [6, 6.07) is 0.964. The summed E-state index contributed by atoms with van der Waals surface area (Å²) < 4.78 is 53.2. The molecule has 1 aromatic carbocycles. The van der Waals surface area contributed by atoms with Crippen LogP contribution in [0.25, 0.3) is 0 Å². The molecule has 0 heterocycles. The molecule has 0 bridgehead atoms. The van der Waals surface area contributed by atoms with Gasteiger partial charge in [0.25, 0.3) is 0 Å². The van der Waals surface area contributed by atoms with Crippen molar-refractivity contribution in [2.45, 2.75) is 37.1 Å².